The molecule has 1 aromatic carbocycles. The summed E-state index contributed by atoms with van der Waals surface area (Å²) in [4.78, 5) is 8.40. The van der Waals surface area contributed by atoms with E-state index in [9.17, 15) is 5.11 Å². The van der Waals surface area contributed by atoms with Crippen LogP contribution >= 0.6 is 22.9 Å². The van der Waals surface area contributed by atoms with E-state index in [1.807, 2.05) is 31.2 Å². The fraction of sp³-hybridized carbons (Fsp3) is 0.474. The number of hydrogen-bond donors (Lipinski definition) is 1. The van der Waals surface area contributed by atoms with Gasteiger partial charge in [-0.15, -0.1) is 5.10 Å². The van der Waals surface area contributed by atoms with Crippen LogP contribution in [0.3, 0.4) is 0 Å². The Kier molecular flexibility index (Phi) is 5.11. The smallest absolute Gasteiger partial charge is 0.230 e. The van der Waals surface area contributed by atoms with Gasteiger partial charge in [0.05, 0.1) is 23.1 Å². The van der Waals surface area contributed by atoms with Crippen LogP contribution < -0.4 is 0 Å². The first-order chi connectivity index (χ1) is 13.0. The van der Waals surface area contributed by atoms with E-state index in [2.05, 4.69) is 28.8 Å². The van der Waals surface area contributed by atoms with Gasteiger partial charge in [0.15, 0.2) is 5.82 Å². The molecule has 0 amide bonds. The topological polar surface area (TPSA) is 62.9 Å². The number of thiazole rings is 1. The van der Waals surface area contributed by atoms with Crippen LogP contribution in [0.5, 0.6) is 5.88 Å². The van der Waals surface area contributed by atoms with E-state index in [0.29, 0.717) is 9.98 Å². The van der Waals surface area contributed by atoms with Crippen LogP contribution in [0.2, 0.25) is 5.02 Å². The maximum Gasteiger partial charge on any atom is 0.230 e. The number of rotatable bonds is 4. The molecule has 3 heterocycles. The summed E-state index contributed by atoms with van der Waals surface area (Å²) in [5, 5.41) is 16.0. The van der Waals surface area contributed by atoms with E-state index < -0.39 is 0 Å². The van der Waals surface area contributed by atoms with E-state index in [1.165, 1.54) is 11.3 Å². The molecule has 4 rings (SSSR count). The highest BCUT2D eigenvalue weighted by molar-refractivity contribution is 7.17. The summed E-state index contributed by atoms with van der Waals surface area (Å²) in [6.07, 6.45) is 0.970. The van der Waals surface area contributed by atoms with Crippen molar-refractivity contribution in [2.75, 3.05) is 13.1 Å². The second-order valence-corrected chi connectivity index (χ2v) is 8.48. The highest BCUT2D eigenvalue weighted by Gasteiger charge is 2.34. The lowest BCUT2D eigenvalue weighted by atomic mass is 10.0. The van der Waals surface area contributed by atoms with Gasteiger partial charge in [0.1, 0.15) is 0 Å². The Labute approximate surface area is 167 Å². The van der Waals surface area contributed by atoms with Crippen molar-refractivity contribution in [1.29, 1.82) is 0 Å². The summed E-state index contributed by atoms with van der Waals surface area (Å²) in [5.74, 6) is 0.884. The fourth-order valence-corrected chi connectivity index (χ4v) is 5.09. The Hall–Kier alpha value is -1.67. The van der Waals surface area contributed by atoms with E-state index >= 15 is 0 Å². The molecule has 0 bridgehead atoms. The molecule has 8 heteroatoms. The number of nitrogens with zero attached hydrogens (tertiary/aromatic N) is 4. The third-order valence-electron chi connectivity index (χ3n) is 4.79. The average molecular weight is 407 g/mol. The van der Waals surface area contributed by atoms with Gasteiger partial charge in [-0.2, -0.15) is 4.52 Å². The van der Waals surface area contributed by atoms with Crippen molar-refractivity contribution in [2.24, 2.45) is 0 Å². The Bertz CT molecular complexity index is 946. The highest BCUT2D eigenvalue weighted by Crippen LogP contribution is 2.41. The lowest BCUT2D eigenvalue weighted by Gasteiger charge is -2.40. The fourth-order valence-electron chi connectivity index (χ4n) is 3.75. The van der Waals surface area contributed by atoms with Gasteiger partial charge in [-0.25, -0.2) is 4.98 Å². The number of aryl methyl sites for hydroxylation is 1. The van der Waals surface area contributed by atoms with Gasteiger partial charge >= 0.3 is 0 Å². The zero-order valence-corrected chi connectivity index (χ0v) is 17.2. The first kappa shape index (κ1) is 18.7. The minimum atomic E-state index is -0.129. The molecule has 0 unspecified atom stereocenters. The standard InChI is InChI=1S/C19H23ClN4O2S/c1-4-15-21-19-24(22-15)18(25)17(27-19)16(13-6-5-7-14(20)8-13)23-9-11(2)26-12(3)10-23/h5-8,11-12,16,25H,4,9-10H2,1-3H3/t11-,12-,16-/m1/s1. The van der Waals surface area contributed by atoms with Gasteiger partial charge in [0.2, 0.25) is 10.8 Å². The maximum absolute atomic E-state index is 10.9. The molecule has 1 fully saturated rings. The quantitative estimate of drug-likeness (QED) is 0.711. The maximum atomic E-state index is 10.9. The Morgan fingerprint density at radius 3 is 2.70 bits per heavy atom. The van der Waals surface area contributed by atoms with Crippen LogP contribution in [0.15, 0.2) is 24.3 Å². The molecule has 2 aromatic heterocycles. The average Bonchev–Trinajstić information content (AvgIpc) is 3.14. The van der Waals surface area contributed by atoms with Crippen LogP contribution in [-0.4, -0.2) is 49.9 Å². The summed E-state index contributed by atoms with van der Waals surface area (Å²) in [7, 11) is 0. The predicted molar refractivity (Wildman–Crippen MR) is 107 cm³/mol. The van der Waals surface area contributed by atoms with Crippen molar-refractivity contribution >= 4 is 27.9 Å². The third kappa shape index (κ3) is 3.57. The number of benzene rings is 1. The molecule has 1 saturated heterocycles. The van der Waals surface area contributed by atoms with Gasteiger partial charge in [-0.1, -0.05) is 42.0 Å². The van der Waals surface area contributed by atoms with Crippen molar-refractivity contribution < 1.29 is 9.84 Å². The number of fused-ring (bicyclic) bond motifs is 1. The van der Waals surface area contributed by atoms with Crippen LogP contribution in [0.1, 0.15) is 43.1 Å². The van der Waals surface area contributed by atoms with Gasteiger partial charge < -0.3 is 9.84 Å². The lowest BCUT2D eigenvalue weighted by Crippen LogP contribution is -2.47. The van der Waals surface area contributed by atoms with E-state index in [-0.39, 0.29) is 24.1 Å². The molecule has 0 saturated carbocycles. The molecule has 0 aliphatic carbocycles. The monoisotopic (exact) mass is 406 g/mol. The highest BCUT2D eigenvalue weighted by atomic mass is 35.5. The Morgan fingerprint density at radius 1 is 1.33 bits per heavy atom. The minimum Gasteiger partial charge on any atom is -0.492 e. The van der Waals surface area contributed by atoms with Gasteiger partial charge in [-0.3, -0.25) is 4.90 Å². The first-order valence-corrected chi connectivity index (χ1v) is 10.4. The van der Waals surface area contributed by atoms with Crippen molar-refractivity contribution in [1.82, 2.24) is 19.5 Å². The van der Waals surface area contributed by atoms with Crippen molar-refractivity contribution in [3.05, 3.63) is 45.6 Å². The molecule has 3 aromatic rings. The second kappa shape index (κ2) is 7.39. The molecule has 6 nitrogen and oxygen atoms in total. The molecule has 0 radical (unpaired) electrons. The van der Waals surface area contributed by atoms with Crippen LogP contribution in [0, 0.1) is 0 Å². The summed E-state index contributed by atoms with van der Waals surface area (Å²) < 4.78 is 7.46. The van der Waals surface area contributed by atoms with E-state index in [4.69, 9.17) is 16.3 Å². The lowest BCUT2D eigenvalue weighted by molar-refractivity contribution is -0.0764. The van der Waals surface area contributed by atoms with E-state index in [0.717, 1.165) is 35.8 Å². The van der Waals surface area contributed by atoms with Crippen molar-refractivity contribution in [3.8, 4) is 5.88 Å². The van der Waals surface area contributed by atoms with Gasteiger partial charge in [0, 0.05) is 24.5 Å². The normalized spacial score (nSPS) is 22.4. The van der Waals surface area contributed by atoms with Crippen LogP contribution in [0.4, 0.5) is 0 Å². The predicted octanol–water partition coefficient (Wildman–Crippen LogP) is 3.91. The summed E-state index contributed by atoms with van der Waals surface area (Å²) in [6, 6.07) is 7.69. The van der Waals surface area contributed by atoms with Crippen molar-refractivity contribution in [3.63, 3.8) is 0 Å². The largest absolute Gasteiger partial charge is 0.492 e. The number of morpholine rings is 1. The molecular weight excluding hydrogens is 384 g/mol. The zero-order valence-electron chi connectivity index (χ0n) is 15.6. The molecule has 27 heavy (non-hydrogen) atoms. The summed E-state index contributed by atoms with van der Waals surface area (Å²) in [6.45, 7) is 7.70. The number of ether oxygens (including phenoxy) is 1. The Balaban J connectivity index is 1.82. The van der Waals surface area contributed by atoms with Crippen LogP contribution in [-0.2, 0) is 11.2 Å². The first-order valence-electron chi connectivity index (χ1n) is 9.18. The van der Waals surface area contributed by atoms with Crippen LogP contribution in [0.25, 0.3) is 4.96 Å². The zero-order chi connectivity index (χ0) is 19.1. The molecule has 1 aliphatic rings. The van der Waals surface area contributed by atoms with E-state index in [1.54, 1.807) is 4.52 Å². The molecule has 1 aliphatic heterocycles. The van der Waals surface area contributed by atoms with Crippen molar-refractivity contribution in [2.45, 2.75) is 45.4 Å². The number of aromatic nitrogens is 3. The number of aromatic hydroxyl groups is 1. The third-order valence-corrected chi connectivity index (χ3v) is 6.09. The molecular formula is C19H23ClN4O2S. The molecule has 144 valence electrons. The molecule has 3 atom stereocenters. The summed E-state index contributed by atoms with van der Waals surface area (Å²) in [5.41, 5.74) is 1.04. The van der Waals surface area contributed by atoms with Gasteiger partial charge in [0.25, 0.3) is 0 Å². The SMILES string of the molecule is CCc1nc2sc([C@@H](c3cccc(Cl)c3)N3C[C@@H](C)O[C@H](C)C3)c(O)n2n1. The second-order valence-electron chi connectivity index (χ2n) is 7.03. The van der Waals surface area contributed by atoms with Gasteiger partial charge in [-0.05, 0) is 31.5 Å². The number of halogens is 1. The molecule has 0 spiro atoms. The minimum absolute atomic E-state index is 0.117. The summed E-state index contributed by atoms with van der Waals surface area (Å²) >= 11 is 7.76. The molecule has 1 N–H and O–H groups in total. The number of hydrogen-bond acceptors (Lipinski definition) is 6. The Morgan fingerprint density at radius 2 is 2.07 bits per heavy atom.